The molecule has 1 heterocycles. The molecular weight excluding hydrogens is 158 g/mol. The highest BCUT2D eigenvalue weighted by Gasteiger charge is 1.98. The van der Waals surface area contributed by atoms with Gasteiger partial charge in [-0.2, -0.15) is 0 Å². The Balaban J connectivity index is 2.74. The van der Waals surface area contributed by atoms with Gasteiger partial charge in [0.1, 0.15) is 0 Å². The lowest BCUT2D eigenvalue weighted by Crippen LogP contribution is -1.76. The highest BCUT2D eigenvalue weighted by Crippen LogP contribution is 2.20. The number of nitrogens with zero attached hydrogens (tertiary/aromatic N) is 1. The molecule has 1 aromatic carbocycles. The van der Waals surface area contributed by atoms with Crippen molar-refractivity contribution in [2.75, 3.05) is 0 Å². The minimum absolute atomic E-state index is 1.29. The number of allylic oxidation sites excluding steroid dienone is 1. The van der Waals surface area contributed by atoms with Gasteiger partial charge in [0.05, 0.1) is 0 Å². The van der Waals surface area contributed by atoms with E-state index < -0.39 is 0 Å². The van der Waals surface area contributed by atoms with Gasteiger partial charge in [-0.05, 0) is 17.9 Å². The summed E-state index contributed by atoms with van der Waals surface area (Å²) in [7, 11) is 2.06. The molecule has 0 amide bonds. The Morgan fingerprint density at radius 1 is 1.23 bits per heavy atom. The van der Waals surface area contributed by atoms with E-state index in [2.05, 4.69) is 54.4 Å². The van der Waals surface area contributed by atoms with Crippen LogP contribution in [0, 0.1) is 0 Å². The van der Waals surface area contributed by atoms with E-state index in [1.54, 1.807) is 0 Å². The molecule has 0 aliphatic heterocycles. The van der Waals surface area contributed by atoms with Gasteiger partial charge in [-0.1, -0.05) is 30.4 Å². The third kappa shape index (κ3) is 1.37. The summed E-state index contributed by atoms with van der Waals surface area (Å²) in [5.74, 6) is 0. The van der Waals surface area contributed by atoms with Crippen molar-refractivity contribution in [3.05, 3.63) is 42.2 Å². The van der Waals surface area contributed by atoms with Gasteiger partial charge >= 0.3 is 0 Å². The van der Waals surface area contributed by atoms with Crippen LogP contribution in [0.4, 0.5) is 0 Å². The molecule has 0 N–H and O–H groups in total. The fourth-order valence-corrected chi connectivity index (χ4v) is 1.65. The minimum Gasteiger partial charge on any atom is -0.356 e. The van der Waals surface area contributed by atoms with E-state index in [0.29, 0.717) is 0 Å². The summed E-state index contributed by atoms with van der Waals surface area (Å²) in [4.78, 5) is 0. The summed E-state index contributed by atoms with van der Waals surface area (Å²) in [5, 5.41) is 2.63. The quantitative estimate of drug-likeness (QED) is 0.621. The smallest absolute Gasteiger partial charge is 0.0117 e. The first kappa shape index (κ1) is 8.11. The van der Waals surface area contributed by atoms with Crippen LogP contribution in [0.5, 0.6) is 0 Å². The Bertz CT molecular complexity index is 449. The summed E-state index contributed by atoms with van der Waals surface area (Å²) >= 11 is 0. The zero-order valence-corrected chi connectivity index (χ0v) is 7.99. The number of hydrogen-bond acceptors (Lipinski definition) is 0. The summed E-state index contributed by atoms with van der Waals surface area (Å²) in [6.45, 7) is 2.04. The summed E-state index contributed by atoms with van der Waals surface area (Å²) in [6.07, 6.45) is 8.51. The maximum atomic E-state index is 2.16. The van der Waals surface area contributed by atoms with Gasteiger partial charge in [-0.15, -0.1) is 0 Å². The number of rotatable bonds is 1. The highest BCUT2D eigenvalue weighted by molar-refractivity contribution is 5.90. The molecule has 0 aliphatic rings. The van der Waals surface area contributed by atoms with Crippen molar-refractivity contribution >= 4 is 16.8 Å². The van der Waals surface area contributed by atoms with Crippen molar-refractivity contribution in [2.24, 2.45) is 7.05 Å². The maximum Gasteiger partial charge on any atom is 0.0117 e. The summed E-state index contributed by atoms with van der Waals surface area (Å²) < 4.78 is 2.09. The lowest BCUT2D eigenvalue weighted by atomic mass is 10.1. The van der Waals surface area contributed by atoms with Gasteiger partial charge < -0.3 is 4.57 Å². The SMILES string of the molecule is C/C=C/c1cccc2cn(C)cc12. The predicted octanol–water partition coefficient (Wildman–Crippen LogP) is 3.21. The van der Waals surface area contributed by atoms with Crippen LogP contribution in [-0.2, 0) is 7.05 Å². The van der Waals surface area contributed by atoms with Gasteiger partial charge in [0, 0.05) is 24.8 Å². The Morgan fingerprint density at radius 3 is 2.85 bits per heavy atom. The van der Waals surface area contributed by atoms with Crippen LogP contribution >= 0.6 is 0 Å². The molecule has 0 aliphatic carbocycles. The molecule has 1 aromatic heterocycles. The lowest BCUT2D eigenvalue weighted by Gasteiger charge is -1.94. The van der Waals surface area contributed by atoms with Crippen molar-refractivity contribution in [1.29, 1.82) is 0 Å². The molecule has 0 radical (unpaired) electrons. The monoisotopic (exact) mass is 171 g/mol. The van der Waals surface area contributed by atoms with E-state index in [0.717, 1.165) is 0 Å². The van der Waals surface area contributed by atoms with E-state index in [1.165, 1.54) is 16.3 Å². The third-order valence-corrected chi connectivity index (χ3v) is 2.20. The Morgan fingerprint density at radius 2 is 2.08 bits per heavy atom. The lowest BCUT2D eigenvalue weighted by molar-refractivity contribution is 0.933. The number of aromatic nitrogens is 1. The van der Waals surface area contributed by atoms with Crippen molar-refractivity contribution < 1.29 is 0 Å². The highest BCUT2D eigenvalue weighted by atomic mass is 14.9. The number of hydrogen-bond donors (Lipinski definition) is 0. The molecule has 0 bridgehead atoms. The second kappa shape index (κ2) is 3.09. The summed E-state index contributed by atoms with van der Waals surface area (Å²) in [6, 6.07) is 6.38. The first-order chi connectivity index (χ1) is 6.31. The molecule has 2 aromatic rings. The number of fused-ring (bicyclic) bond motifs is 1. The Labute approximate surface area is 78.3 Å². The molecule has 0 fully saturated rings. The number of aryl methyl sites for hydroxylation is 1. The number of benzene rings is 1. The van der Waals surface area contributed by atoms with Gasteiger partial charge in [0.15, 0.2) is 0 Å². The van der Waals surface area contributed by atoms with Crippen LogP contribution in [0.15, 0.2) is 36.7 Å². The molecular formula is C12H13N. The normalized spacial score (nSPS) is 11.5. The predicted molar refractivity (Wildman–Crippen MR) is 57.6 cm³/mol. The minimum atomic E-state index is 1.29. The van der Waals surface area contributed by atoms with Crippen LogP contribution in [0.2, 0.25) is 0 Å². The Hall–Kier alpha value is -1.50. The van der Waals surface area contributed by atoms with Crippen LogP contribution in [0.3, 0.4) is 0 Å². The van der Waals surface area contributed by atoms with E-state index in [9.17, 15) is 0 Å². The van der Waals surface area contributed by atoms with Crippen LogP contribution in [-0.4, -0.2) is 4.57 Å². The van der Waals surface area contributed by atoms with Crippen molar-refractivity contribution in [3.63, 3.8) is 0 Å². The van der Waals surface area contributed by atoms with Gasteiger partial charge in [0.2, 0.25) is 0 Å². The molecule has 66 valence electrons. The van der Waals surface area contributed by atoms with Crippen molar-refractivity contribution in [2.45, 2.75) is 6.92 Å². The summed E-state index contributed by atoms with van der Waals surface area (Å²) in [5.41, 5.74) is 1.29. The van der Waals surface area contributed by atoms with Crippen LogP contribution in [0.1, 0.15) is 12.5 Å². The first-order valence-electron chi connectivity index (χ1n) is 4.48. The molecule has 0 atom stereocenters. The molecule has 0 unspecified atom stereocenters. The zero-order valence-electron chi connectivity index (χ0n) is 7.99. The molecule has 2 rings (SSSR count). The first-order valence-corrected chi connectivity index (χ1v) is 4.48. The fraction of sp³-hybridized carbons (Fsp3) is 0.167. The van der Waals surface area contributed by atoms with E-state index in [1.807, 2.05) is 6.92 Å². The average Bonchev–Trinajstić information content (AvgIpc) is 2.47. The standard InChI is InChI=1S/C12H13N/c1-3-5-10-6-4-7-11-8-13(2)9-12(10)11/h3-9H,1-2H3/b5-3+. The van der Waals surface area contributed by atoms with Gasteiger partial charge in [-0.25, -0.2) is 0 Å². The molecule has 1 heteroatoms. The van der Waals surface area contributed by atoms with E-state index in [-0.39, 0.29) is 0 Å². The van der Waals surface area contributed by atoms with Gasteiger partial charge in [0.25, 0.3) is 0 Å². The Kier molecular flexibility index (Phi) is 1.93. The second-order valence-corrected chi connectivity index (χ2v) is 3.27. The fourth-order valence-electron chi connectivity index (χ4n) is 1.65. The van der Waals surface area contributed by atoms with Crippen molar-refractivity contribution in [3.8, 4) is 0 Å². The average molecular weight is 171 g/mol. The molecule has 0 saturated carbocycles. The molecule has 1 nitrogen and oxygen atoms in total. The molecule has 0 saturated heterocycles. The van der Waals surface area contributed by atoms with E-state index >= 15 is 0 Å². The zero-order chi connectivity index (χ0) is 9.26. The molecule has 13 heavy (non-hydrogen) atoms. The van der Waals surface area contributed by atoms with Gasteiger partial charge in [-0.3, -0.25) is 0 Å². The third-order valence-electron chi connectivity index (χ3n) is 2.20. The maximum absolute atomic E-state index is 2.16. The van der Waals surface area contributed by atoms with Crippen LogP contribution < -0.4 is 0 Å². The van der Waals surface area contributed by atoms with Crippen LogP contribution in [0.25, 0.3) is 16.8 Å². The topological polar surface area (TPSA) is 4.93 Å². The largest absolute Gasteiger partial charge is 0.356 e. The van der Waals surface area contributed by atoms with E-state index in [4.69, 9.17) is 0 Å². The second-order valence-electron chi connectivity index (χ2n) is 3.27. The van der Waals surface area contributed by atoms with Crippen molar-refractivity contribution in [1.82, 2.24) is 4.57 Å². The molecule has 0 spiro atoms.